The van der Waals surface area contributed by atoms with Crippen molar-refractivity contribution in [1.82, 2.24) is 48.2 Å². The van der Waals surface area contributed by atoms with E-state index in [-0.39, 0.29) is 0 Å². The predicted octanol–water partition coefficient (Wildman–Crippen LogP) is 12.0. The molecule has 5 aromatic carbocycles. The summed E-state index contributed by atoms with van der Waals surface area (Å²) in [5.74, 6) is 3.43. The van der Waals surface area contributed by atoms with Crippen LogP contribution in [0.5, 0.6) is 0 Å². The topological polar surface area (TPSA) is 97.1 Å². The fourth-order valence-corrected chi connectivity index (χ4v) is 9.05. The SMILES string of the molecule is CCn1c(-c2cccc(-c3nc4cc(-c5ccc(-c6ccc7c(c6)nc(-c6cccc(-c8nc9ccccc9n8CC)n6)n7CC)cc5)ccc4n3CC)n2)nc2ccccc21. The Hall–Kier alpha value is -7.72. The third kappa shape index (κ3) is 6.09. The van der Waals surface area contributed by atoms with Crippen molar-refractivity contribution >= 4 is 44.1 Å². The molecule has 0 fully saturated rings. The molecular weight excluding hydrogens is 765 g/mol. The number of nitrogens with zero attached hydrogens (tertiary/aromatic N) is 10. The summed E-state index contributed by atoms with van der Waals surface area (Å²) in [6.45, 7) is 11.8. The van der Waals surface area contributed by atoms with Gasteiger partial charge in [0, 0.05) is 26.2 Å². The number of benzene rings is 5. The molecule has 62 heavy (non-hydrogen) atoms. The van der Waals surface area contributed by atoms with Crippen molar-refractivity contribution in [2.45, 2.75) is 53.9 Å². The van der Waals surface area contributed by atoms with Crippen LogP contribution >= 0.6 is 0 Å². The van der Waals surface area contributed by atoms with Gasteiger partial charge in [-0.05, 0) is 123 Å². The molecule has 0 atom stereocenters. The van der Waals surface area contributed by atoms with Gasteiger partial charge in [-0.1, -0.05) is 72.8 Å². The highest BCUT2D eigenvalue weighted by Gasteiger charge is 2.20. The van der Waals surface area contributed by atoms with Crippen molar-refractivity contribution in [3.05, 3.63) is 146 Å². The van der Waals surface area contributed by atoms with Crippen molar-refractivity contribution in [2.75, 3.05) is 0 Å². The summed E-state index contributed by atoms with van der Waals surface area (Å²) in [6.07, 6.45) is 0. The fraction of sp³-hybridized carbons (Fsp3) is 0.154. The number of para-hydroxylation sites is 4. The summed E-state index contributed by atoms with van der Waals surface area (Å²) in [7, 11) is 0. The van der Waals surface area contributed by atoms with Gasteiger partial charge in [-0.3, -0.25) is 0 Å². The Balaban J connectivity index is 0.887. The van der Waals surface area contributed by atoms with Crippen LogP contribution in [0, 0.1) is 0 Å². The van der Waals surface area contributed by atoms with E-state index in [1.54, 1.807) is 0 Å². The minimum Gasteiger partial charge on any atom is -0.323 e. The van der Waals surface area contributed by atoms with E-state index in [1.165, 1.54) is 0 Å². The van der Waals surface area contributed by atoms with Crippen LogP contribution in [0.25, 0.3) is 112 Å². The van der Waals surface area contributed by atoms with Gasteiger partial charge in [0.05, 0.1) is 44.1 Å². The second kappa shape index (κ2) is 15.1. The zero-order chi connectivity index (χ0) is 41.9. The number of hydrogen-bond donors (Lipinski definition) is 0. The van der Waals surface area contributed by atoms with Crippen LogP contribution in [0.1, 0.15) is 27.7 Å². The molecule has 0 radical (unpaired) electrons. The van der Waals surface area contributed by atoms with Crippen molar-refractivity contribution in [3.63, 3.8) is 0 Å². The smallest absolute Gasteiger partial charge is 0.159 e. The Labute approximate surface area is 358 Å². The summed E-state index contributed by atoms with van der Waals surface area (Å²) in [5.41, 5.74) is 16.0. The lowest BCUT2D eigenvalue weighted by Gasteiger charge is -2.09. The maximum Gasteiger partial charge on any atom is 0.159 e. The van der Waals surface area contributed by atoms with Crippen LogP contribution in [-0.2, 0) is 26.2 Å². The highest BCUT2D eigenvalue weighted by atomic mass is 15.1. The first-order valence-corrected chi connectivity index (χ1v) is 21.5. The second-order valence-corrected chi connectivity index (χ2v) is 15.5. The van der Waals surface area contributed by atoms with Crippen LogP contribution in [-0.4, -0.2) is 48.2 Å². The molecule has 302 valence electrons. The fourth-order valence-electron chi connectivity index (χ4n) is 9.05. The van der Waals surface area contributed by atoms with Gasteiger partial charge in [0.15, 0.2) is 23.3 Å². The van der Waals surface area contributed by atoms with E-state index in [0.717, 1.165) is 139 Å². The molecule has 0 amide bonds. The monoisotopic (exact) mass is 808 g/mol. The quantitative estimate of drug-likeness (QED) is 0.136. The first kappa shape index (κ1) is 37.3. The molecule has 6 aromatic heterocycles. The van der Waals surface area contributed by atoms with Crippen LogP contribution < -0.4 is 0 Å². The number of aromatic nitrogens is 10. The number of hydrogen-bond acceptors (Lipinski definition) is 6. The zero-order valence-corrected chi connectivity index (χ0v) is 35.2. The summed E-state index contributed by atoms with van der Waals surface area (Å²) in [4.78, 5) is 30.6. The van der Waals surface area contributed by atoms with E-state index in [1.807, 2.05) is 36.4 Å². The Morgan fingerprint density at radius 1 is 0.290 bits per heavy atom. The van der Waals surface area contributed by atoms with Crippen LogP contribution in [0.3, 0.4) is 0 Å². The molecule has 10 heteroatoms. The molecule has 0 saturated heterocycles. The van der Waals surface area contributed by atoms with Gasteiger partial charge in [0.1, 0.15) is 22.8 Å². The first-order chi connectivity index (χ1) is 30.5. The minimum absolute atomic E-state index is 0.771. The Bertz CT molecular complexity index is 3240. The summed E-state index contributed by atoms with van der Waals surface area (Å²) in [6, 6.07) is 50.7. The van der Waals surface area contributed by atoms with Crippen LogP contribution in [0.4, 0.5) is 0 Å². The third-order valence-corrected chi connectivity index (χ3v) is 12.0. The maximum atomic E-state index is 5.18. The van der Waals surface area contributed by atoms with E-state index in [9.17, 15) is 0 Å². The molecule has 0 aliphatic rings. The molecule has 11 rings (SSSR count). The van der Waals surface area contributed by atoms with E-state index in [0.29, 0.717) is 0 Å². The van der Waals surface area contributed by atoms with Crippen molar-refractivity contribution < 1.29 is 0 Å². The average molecular weight is 809 g/mol. The van der Waals surface area contributed by atoms with Crippen molar-refractivity contribution in [1.29, 1.82) is 0 Å². The van der Waals surface area contributed by atoms with Gasteiger partial charge in [0.2, 0.25) is 0 Å². The number of pyridine rings is 2. The van der Waals surface area contributed by atoms with E-state index in [2.05, 4.69) is 155 Å². The number of imidazole rings is 4. The molecule has 0 unspecified atom stereocenters. The largest absolute Gasteiger partial charge is 0.323 e. The highest BCUT2D eigenvalue weighted by molar-refractivity contribution is 5.88. The maximum absolute atomic E-state index is 5.18. The van der Waals surface area contributed by atoms with Crippen LogP contribution in [0.15, 0.2) is 146 Å². The molecule has 0 aliphatic heterocycles. The molecule has 0 spiro atoms. The molecular formula is C52H44N10. The molecule has 0 saturated carbocycles. The van der Waals surface area contributed by atoms with E-state index in [4.69, 9.17) is 29.9 Å². The second-order valence-electron chi connectivity index (χ2n) is 15.5. The van der Waals surface area contributed by atoms with Crippen LogP contribution in [0.2, 0.25) is 0 Å². The highest BCUT2D eigenvalue weighted by Crippen LogP contribution is 2.34. The number of fused-ring (bicyclic) bond motifs is 4. The standard InChI is InChI=1S/C52H44N10/c1-5-59-45-21-11-9-15-37(45)55-49(59)39-17-13-19-41(53-39)51-57-43-31-35(27-29-47(43)61(51)7-3)33-23-25-34(26-24-33)36-28-30-48-44(32-36)58-52(62(48)8-4)42-20-14-18-40(54-42)50-56-38-16-10-12-22-46(38)60(50)6-2/h9-32H,5-8H2,1-4H3. The van der Waals surface area contributed by atoms with Crippen molar-refractivity contribution in [3.8, 4) is 68.3 Å². The molecule has 0 N–H and O–H groups in total. The van der Waals surface area contributed by atoms with Gasteiger partial charge in [-0.2, -0.15) is 0 Å². The van der Waals surface area contributed by atoms with E-state index >= 15 is 0 Å². The van der Waals surface area contributed by atoms with Gasteiger partial charge in [-0.25, -0.2) is 29.9 Å². The Kier molecular flexibility index (Phi) is 9.07. The van der Waals surface area contributed by atoms with E-state index < -0.39 is 0 Å². The molecule has 10 nitrogen and oxygen atoms in total. The average Bonchev–Trinajstić information content (AvgIpc) is 4.11. The lowest BCUT2D eigenvalue weighted by Crippen LogP contribution is -2.02. The third-order valence-electron chi connectivity index (χ3n) is 12.0. The van der Waals surface area contributed by atoms with Gasteiger partial charge >= 0.3 is 0 Å². The normalized spacial score (nSPS) is 11.8. The first-order valence-electron chi connectivity index (χ1n) is 21.5. The van der Waals surface area contributed by atoms with Gasteiger partial charge in [0.25, 0.3) is 0 Å². The summed E-state index contributed by atoms with van der Waals surface area (Å²) >= 11 is 0. The number of aryl methyl sites for hydroxylation is 4. The molecule has 0 aliphatic carbocycles. The Morgan fingerprint density at radius 2 is 0.597 bits per heavy atom. The molecule has 0 bridgehead atoms. The lowest BCUT2D eigenvalue weighted by molar-refractivity contribution is 0.788. The zero-order valence-electron chi connectivity index (χ0n) is 35.2. The van der Waals surface area contributed by atoms with Gasteiger partial charge in [-0.15, -0.1) is 0 Å². The minimum atomic E-state index is 0.771. The predicted molar refractivity (Wildman–Crippen MR) is 251 cm³/mol. The molecule has 11 aromatic rings. The lowest BCUT2D eigenvalue weighted by atomic mass is 10.00. The summed E-state index contributed by atoms with van der Waals surface area (Å²) in [5, 5.41) is 0. The number of rotatable bonds is 10. The summed E-state index contributed by atoms with van der Waals surface area (Å²) < 4.78 is 8.94. The molecule has 6 heterocycles. The van der Waals surface area contributed by atoms with Crippen molar-refractivity contribution in [2.24, 2.45) is 0 Å². The van der Waals surface area contributed by atoms with Gasteiger partial charge < -0.3 is 18.3 Å². The Morgan fingerprint density at radius 3 is 0.952 bits per heavy atom.